The molecular formula is C44H62. The molecule has 238 valence electrons. The highest BCUT2D eigenvalue weighted by Gasteiger charge is 2.12. The Hall–Kier alpha value is -3.12. The molecule has 4 rings (SSSR count). The zero-order chi connectivity index (χ0) is 33.1. The van der Waals surface area contributed by atoms with E-state index in [0.717, 1.165) is 0 Å². The molecule has 0 nitrogen and oxygen atoms in total. The van der Waals surface area contributed by atoms with Gasteiger partial charge in [0.25, 0.3) is 0 Å². The molecule has 0 radical (unpaired) electrons. The first-order chi connectivity index (χ1) is 20.6. The van der Waals surface area contributed by atoms with Crippen LogP contribution in [-0.4, -0.2) is 0 Å². The summed E-state index contributed by atoms with van der Waals surface area (Å²) in [4.78, 5) is 0. The van der Waals surface area contributed by atoms with Crippen LogP contribution in [0.25, 0.3) is 11.1 Å². The van der Waals surface area contributed by atoms with Gasteiger partial charge in [0.05, 0.1) is 0 Å². The van der Waals surface area contributed by atoms with Crippen LogP contribution in [0.15, 0.2) is 84.9 Å². The highest BCUT2D eigenvalue weighted by atomic mass is 14.2. The van der Waals surface area contributed by atoms with Crippen molar-refractivity contribution in [2.75, 3.05) is 0 Å². The fourth-order valence-electron chi connectivity index (χ4n) is 5.83. The Bertz CT molecular complexity index is 1320. The first-order valence-electron chi connectivity index (χ1n) is 17.0. The van der Waals surface area contributed by atoms with Gasteiger partial charge < -0.3 is 0 Å². The second-order valence-corrected chi connectivity index (χ2v) is 14.3. The number of hydrogen-bond acceptors (Lipinski definition) is 0. The molecule has 4 aromatic carbocycles. The van der Waals surface area contributed by atoms with Crippen molar-refractivity contribution < 1.29 is 0 Å². The van der Waals surface area contributed by atoms with E-state index in [0.29, 0.717) is 35.5 Å². The Labute approximate surface area is 272 Å². The fraction of sp³-hybridized carbons (Fsp3) is 0.455. The lowest BCUT2D eigenvalue weighted by atomic mass is 9.87. The predicted octanol–water partition coefficient (Wildman–Crippen LogP) is 14.1. The van der Waals surface area contributed by atoms with Crippen LogP contribution < -0.4 is 0 Å². The lowest BCUT2D eigenvalue weighted by Crippen LogP contribution is -1.99. The Morgan fingerprint density at radius 1 is 0.295 bits per heavy atom. The molecule has 0 atom stereocenters. The van der Waals surface area contributed by atoms with Gasteiger partial charge in [0.15, 0.2) is 0 Å². The molecule has 0 aliphatic rings. The smallest absolute Gasteiger partial charge is 0.0181 e. The van der Waals surface area contributed by atoms with Crippen molar-refractivity contribution in [2.24, 2.45) is 0 Å². The van der Waals surface area contributed by atoms with E-state index in [4.69, 9.17) is 0 Å². The third kappa shape index (κ3) is 10.5. The van der Waals surface area contributed by atoms with Gasteiger partial charge in [-0.25, -0.2) is 0 Å². The molecule has 0 fully saturated rings. The molecule has 0 bridgehead atoms. The van der Waals surface area contributed by atoms with Gasteiger partial charge in [0.1, 0.15) is 0 Å². The molecular weight excluding hydrogens is 528 g/mol. The monoisotopic (exact) mass is 590 g/mol. The van der Waals surface area contributed by atoms with Gasteiger partial charge in [-0.2, -0.15) is 0 Å². The van der Waals surface area contributed by atoms with Crippen LogP contribution in [0.4, 0.5) is 0 Å². The molecule has 0 heteroatoms. The van der Waals surface area contributed by atoms with Crippen LogP contribution in [0, 0.1) is 13.8 Å². The Kier molecular flexibility index (Phi) is 14.6. The van der Waals surface area contributed by atoms with Gasteiger partial charge in [-0.05, 0) is 105 Å². The van der Waals surface area contributed by atoms with Crippen molar-refractivity contribution >= 4 is 0 Å². The van der Waals surface area contributed by atoms with E-state index in [1.165, 1.54) is 55.6 Å². The molecule has 0 N–H and O–H groups in total. The van der Waals surface area contributed by atoms with Gasteiger partial charge in [-0.3, -0.25) is 0 Å². The summed E-state index contributed by atoms with van der Waals surface area (Å²) in [5, 5.41) is 0. The maximum Gasteiger partial charge on any atom is -0.0181 e. The Morgan fingerprint density at radius 3 is 0.909 bits per heavy atom. The van der Waals surface area contributed by atoms with Crippen molar-refractivity contribution in [3.8, 4) is 11.1 Å². The zero-order valence-corrected chi connectivity index (χ0v) is 30.5. The minimum Gasteiger partial charge on any atom is -0.0620 e. The van der Waals surface area contributed by atoms with Crippen LogP contribution >= 0.6 is 0 Å². The van der Waals surface area contributed by atoms with Crippen LogP contribution in [0.3, 0.4) is 0 Å². The average Bonchev–Trinajstić information content (AvgIpc) is 2.98. The van der Waals surface area contributed by atoms with E-state index >= 15 is 0 Å². The standard InChI is InChI=1S/C20H26.2C12H18/c1-13(2)19-10-9-18(12-20(19)14(3)4)17-8-7-15(5)16(6)11-17;2*1-9(2)11-7-5-6-8-12(11)10(3)4/h7-14H,1-6H3;2*5-10H,1-4H3. The van der Waals surface area contributed by atoms with Crippen molar-refractivity contribution in [2.45, 2.75) is 132 Å². The van der Waals surface area contributed by atoms with Gasteiger partial charge in [-0.1, -0.05) is 168 Å². The topological polar surface area (TPSA) is 0 Å². The fourth-order valence-corrected chi connectivity index (χ4v) is 5.83. The molecule has 44 heavy (non-hydrogen) atoms. The van der Waals surface area contributed by atoms with E-state index in [2.05, 4.69) is 182 Å². The van der Waals surface area contributed by atoms with Crippen molar-refractivity contribution in [3.05, 3.63) is 129 Å². The molecule has 0 amide bonds. The van der Waals surface area contributed by atoms with Crippen molar-refractivity contribution in [1.82, 2.24) is 0 Å². The summed E-state index contributed by atoms with van der Waals surface area (Å²) < 4.78 is 0. The molecule has 0 aliphatic carbocycles. The van der Waals surface area contributed by atoms with Crippen molar-refractivity contribution in [1.29, 1.82) is 0 Å². The van der Waals surface area contributed by atoms with Crippen molar-refractivity contribution in [3.63, 3.8) is 0 Å². The highest BCUT2D eigenvalue weighted by molar-refractivity contribution is 5.66. The summed E-state index contributed by atoms with van der Waals surface area (Å²) in [6, 6.07) is 31.2. The predicted molar refractivity (Wildman–Crippen MR) is 199 cm³/mol. The molecule has 0 aromatic heterocycles. The summed E-state index contributed by atoms with van der Waals surface area (Å²) in [5.74, 6) is 3.72. The minimum atomic E-state index is 0.568. The summed E-state index contributed by atoms with van der Waals surface area (Å²) in [6.07, 6.45) is 0. The molecule has 0 heterocycles. The SMILES string of the molecule is CC(C)c1ccccc1C(C)C.CC(C)c1ccccc1C(C)C.Cc1ccc(-c2ccc(C(C)C)c(C(C)C)c2)cc1C. The van der Waals surface area contributed by atoms with E-state index in [1.807, 2.05) is 0 Å². The van der Waals surface area contributed by atoms with E-state index in [-0.39, 0.29) is 0 Å². The minimum absolute atomic E-state index is 0.568. The maximum atomic E-state index is 2.38. The lowest BCUT2D eigenvalue weighted by Gasteiger charge is -2.18. The second-order valence-electron chi connectivity index (χ2n) is 14.3. The quantitative estimate of drug-likeness (QED) is 0.201. The number of hydrogen-bond donors (Lipinski definition) is 0. The van der Waals surface area contributed by atoms with E-state index < -0.39 is 0 Å². The summed E-state index contributed by atoms with van der Waals surface area (Å²) >= 11 is 0. The van der Waals surface area contributed by atoms with Crippen LogP contribution in [-0.2, 0) is 0 Å². The largest absolute Gasteiger partial charge is 0.0620 e. The third-order valence-electron chi connectivity index (χ3n) is 8.65. The molecule has 0 saturated heterocycles. The first-order valence-corrected chi connectivity index (χ1v) is 17.0. The summed E-state index contributed by atoms with van der Waals surface area (Å²) in [7, 11) is 0. The maximum absolute atomic E-state index is 2.38. The number of rotatable bonds is 7. The van der Waals surface area contributed by atoms with Crippen LogP contribution in [0.5, 0.6) is 0 Å². The summed E-state index contributed by atoms with van der Waals surface area (Å²) in [6.45, 7) is 31.5. The first kappa shape index (κ1) is 37.1. The van der Waals surface area contributed by atoms with Gasteiger partial charge in [0, 0.05) is 0 Å². The molecule has 0 saturated carbocycles. The lowest BCUT2D eigenvalue weighted by molar-refractivity contribution is 0.790. The molecule has 0 aliphatic heterocycles. The zero-order valence-electron chi connectivity index (χ0n) is 30.5. The average molecular weight is 591 g/mol. The van der Waals surface area contributed by atoms with E-state index in [9.17, 15) is 0 Å². The molecule has 4 aromatic rings. The van der Waals surface area contributed by atoms with Gasteiger partial charge >= 0.3 is 0 Å². The second kappa shape index (κ2) is 17.4. The van der Waals surface area contributed by atoms with Gasteiger partial charge in [-0.15, -0.1) is 0 Å². The number of aryl methyl sites for hydroxylation is 2. The van der Waals surface area contributed by atoms with Gasteiger partial charge in [0.2, 0.25) is 0 Å². The van der Waals surface area contributed by atoms with E-state index in [1.54, 1.807) is 0 Å². The van der Waals surface area contributed by atoms with Crippen LogP contribution in [0.2, 0.25) is 0 Å². The molecule has 0 unspecified atom stereocenters. The highest BCUT2D eigenvalue weighted by Crippen LogP contribution is 2.32. The molecule has 0 spiro atoms. The Balaban J connectivity index is 0.000000244. The normalized spacial score (nSPS) is 11.3. The number of benzene rings is 4. The Morgan fingerprint density at radius 2 is 0.591 bits per heavy atom. The van der Waals surface area contributed by atoms with Crippen LogP contribution in [0.1, 0.15) is 163 Å². The third-order valence-corrected chi connectivity index (χ3v) is 8.65. The summed E-state index contributed by atoms with van der Waals surface area (Å²) in [5.41, 5.74) is 14.3.